The Kier molecular flexibility index (Phi) is 4.03. The number of hydrogen-bond acceptors (Lipinski definition) is 5. The van der Waals surface area contributed by atoms with Crippen molar-refractivity contribution in [1.29, 1.82) is 10.5 Å². The highest BCUT2D eigenvalue weighted by atomic mass is 35.5. The summed E-state index contributed by atoms with van der Waals surface area (Å²) in [5.41, 5.74) is -0.129. The van der Waals surface area contributed by atoms with Crippen LogP contribution in [0, 0.1) is 32.8 Å². The van der Waals surface area contributed by atoms with Crippen LogP contribution in [0.2, 0.25) is 5.02 Å². The summed E-state index contributed by atoms with van der Waals surface area (Å²) in [6.07, 6.45) is 0. The molecule has 0 bridgehead atoms. The van der Waals surface area contributed by atoms with Crippen LogP contribution in [0.1, 0.15) is 11.1 Å². The molecule has 0 aliphatic heterocycles. The molecule has 0 aromatic heterocycles. The van der Waals surface area contributed by atoms with E-state index in [1.54, 1.807) is 0 Å². The van der Waals surface area contributed by atoms with Crippen molar-refractivity contribution in [2.45, 2.75) is 0 Å². The average Bonchev–Trinajstić information content (AvgIpc) is 2.48. The molecule has 0 radical (unpaired) electrons. The summed E-state index contributed by atoms with van der Waals surface area (Å²) in [4.78, 5) is 10.4. The van der Waals surface area contributed by atoms with Gasteiger partial charge in [-0.2, -0.15) is 10.5 Å². The Hall–Kier alpha value is -3.09. The normalized spacial score (nSPS) is 9.48. The zero-order chi connectivity index (χ0) is 15.4. The summed E-state index contributed by atoms with van der Waals surface area (Å²) in [5.74, 6) is -0.114. The number of benzene rings is 2. The number of nitrogens with zero attached hydrogens (tertiary/aromatic N) is 3. The molecule has 7 heteroatoms. The van der Waals surface area contributed by atoms with Crippen molar-refractivity contribution in [2.24, 2.45) is 0 Å². The Balaban J connectivity index is 2.57. The minimum absolute atomic E-state index is 0.0204. The van der Waals surface area contributed by atoms with Crippen molar-refractivity contribution >= 4 is 17.3 Å². The molecule has 0 saturated heterocycles. The second-order valence-electron chi connectivity index (χ2n) is 3.88. The minimum Gasteiger partial charge on any atom is -0.447 e. The van der Waals surface area contributed by atoms with Gasteiger partial charge in [0.05, 0.1) is 16.1 Å². The quantitative estimate of drug-likeness (QED) is 0.634. The third-order valence-corrected chi connectivity index (χ3v) is 2.82. The molecule has 2 aromatic rings. The van der Waals surface area contributed by atoms with E-state index in [1.165, 1.54) is 30.3 Å². The molecule has 0 heterocycles. The van der Waals surface area contributed by atoms with Crippen molar-refractivity contribution < 1.29 is 9.66 Å². The van der Waals surface area contributed by atoms with Gasteiger partial charge in [-0.1, -0.05) is 17.7 Å². The first-order valence-corrected chi connectivity index (χ1v) is 5.99. The molecule has 2 rings (SSSR count). The molecule has 0 saturated carbocycles. The maximum Gasteiger partial charge on any atom is 0.313 e. The van der Waals surface area contributed by atoms with Gasteiger partial charge in [-0.25, -0.2) is 0 Å². The van der Waals surface area contributed by atoms with Gasteiger partial charge in [-0.3, -0.25) is 10.1 Å². The molecule has 0 fully saturated rings. The fourth-order valence-electron chi connectivity index (χ4n) is 1.65. The minimum atomic E-state index is -0.651. The molecule has 0 unspecified atom stereocenters. The maximum absolute atomic E-state index is 11.0. The van der Waals surface area contributed by atoms with Crippen LogP contribution < -0.4 is 4.74 Å². The van der Waals surface area contributed by atoms with Crippen LogP contribution in [0.25, 0.3) is 0 Å². The van der Waals surface area contributed by atoms with Crippen LogP contribution in [-0.2, 0) is 0 Å². The van der Waals surface area contributed by atoms with Crippen molar-refractivity contribution in [1.82, 2.24) is 0 Å². The zero-order valence-electron chi connectivity index (χ0n) is 10.4. The molecule has 0 aliphatic carbocycles. The summed E-state index contributed by atoms with van der Waals surface area (Å²) >= 11 is 5.72. The van der Waals surface area contributed by atoms with Crippen LogP contribution in [0.5, 0.6) is 11.5 Å². The summed E-state index contributed by atoms with van der Waals surface area (Å²) in [5, 5.41) is 29.3. The fraction of sp³-hybridized carbons (Fsp3) is 0. The highest BCUT2D eigenvalue weighted by Crippen LogP contribution is 2.36. The standard InChI is InChI=1S/C14H6ClN3O3/c15-11-4-5-13(12(6-11)18(19)20)21-14-9(7-16)2-1-3-10(14)8-17/h1-6H. The van der Waals surface area contributed by atoms with E-state index in [2.05, 4.69) is 0 Å². The Morgan fingerprint density at radius 3 is 2.29 bits per heavy atom. The van der Waals surface area contributed by atoms with Crippen molar-refractivity contribution in [3.63, 3.8) is 0 Å². The van der Waals surface area contributed by atoms with Gasteiger partial charge in [0.1, 0.15) is 12.1 Å². The predicted molar refractivity (Wildman–Crippen MR) is 74.1 cm³/mol. The molecule has 21 heavy (non-hydrogen) atoms. The van der Waals surface area contributed by atoms with Crippen LogP contribution in [0.4, 0.5) is 5.69 Å². The van der Waals surface area contributed by atoms with E-state index in [-0.39, 0.29) is 33.3 Å². The number of hydrogen-bond donors (Lipinski definition) is 0. The Morgan fingerprint density at radius 2 is 1.76 bits per heavy atom. The van der Waals surface area contributed by atoms with Gasteiger partial charge < -0.3 is 4.74 Å². The Bertz CT molecular complexity index is 774. The highest BCUT2D eigenvalue weighted by molar-refractivity contribution is 6.30. The van der Waals surface area contributed by atoms with Gasteiger partial charge in [-0.05, 0) is 24.3 Å². The van der Waals surface area contributed by atoms with E-state index in [1.807, 2.05) is 12.1 Å². The number of nitriles is 2. The number of nitro groups is 1. The van der Waals surface area contributed by atoms with E-state index >= 15 is 0 Å². The third-order valence-electron chi connectivity index (χ3n) is 2.59. The Labute approximate surface area is 124 Å². The second kappa shape index (κ2) is 5.91. The van der Waals surface area contributed by atoms with E-state index in [9.17, 15) is 10.1 Å². The van der Waals surface area contributed by atoms with Gasteiger partial charge in [0.25, 0.3) is 0 Å². The topological polar surface area (TPSA) is 100.0 Å². The first kappa shape index (κ1) is 14.3. The molecule has 0 amide bonds. The maximum atomic E-state index is 11.0. The molecule has 6 nitrogen and oxygen atoms in total. The SMILES string of the molecule is N#Cc1cccc(C#N)c1Oc1ccc(Cl)cc1[N+](=O)[O-]. The largest absolute Gasteiger partial charge is 0.447 e. The number of rotatable bonds is 3. The number of para-hydroxylation sites is 1. The van der Waals surface area contributed by atoms with E-state index < -0.39 is 4.92 Å². The smallest absolute Gasteiger partial charge is 0.313 e. The van der Waals surface area contributed by atoms with E-state index in [0.29, 0.717) is 0 Å². The lowest BCUT2D eigenvalue weighted by Gasteiger charge is -2.09. The average molecular weight is 300 g/mol. The third kappa shape index (κ3) is 2.92. The highest BCUT2D eigenvalue weighted by Gasteiger charge is 2.19. The van der Waals surface area contributed by atoms with Crippen LogP contribution in [0.15, 0.2) is 36.4 Å². The van der Waals surface area contributed by atoms with Gasteiger partial charge in [-0.15, -0.1) is 0 Å². The zero-order valence-corrected chi connectivity index (χ0v) is 11.2. The lowest BCUT2D eigenvalue weighted by molar-refractivity contribution is -0.385. The van der Waals surface area contributed by atoms with Crippen LogP contribution in [-0.4, -0.2) is 4.92 Å². The van der Waals surface area contributed by atoms with Crippen molar-refractivity contribution in [3.05, 3.63) is 62.7 Å². The number of ether oxygens (including phenoxy) is 1. The summed E-state index contributed by atoms with van der Waals surface area (Å²) in [6, 6.07) is 12.1. The fourth-order valence-corrected chi connectivity index (χ4v) is 1.82. The van der Waals surface area contributed by atoms with Gasteiger partial charge >= 0.3 is 5.69 Å². The number of nitro benzene ring substituents is 1. The molecule has 0 aliphatic rings. The first-order chi connectivity index (χ1) is 10.1. The van der Waals surface area contributed by atoms with Gasteiger partial charge in [0.2, 0.25) is 5.75 Å². The molecular formula is C14H6ClN3O3. The van der Waals surface area contributed by atoms with Crippen LogP contribution in [0.3, 0.4) is 0 Å². The summed E-state index contributed by atoms with van der Waals surface area (Å²) in [7, 11) is 0. The van der Waals surface area contributed by atoms with Crippen LogP contribution >= 0.6 is 11.6 Å². The molecule has 0 spiro atoms. The lowest BCUT2D eigenvalue weighted by Crippen LogP contribution is -1.96. The number of halogens is 1. The predicted octanol–water partition coefficient (Wildman–Crippen LogP) is 3.78. The lowest BCUT2D eigenvalue weighted by atomic mass is 10.1. The van der Waals surface area contributed by atoms with E-state index in [0.717, 1.165) is 6.07 Å². The van der Waals surface area contributed by atoms with Gasteiger partial charge in [0.15, 0.2) is 5.75 Å². The molecule has 0 atom stereocenters. The second-order valence-corrected chi connectivity index (χ2v) is 4.31. The summed E-state index contributed by atoms with van der Waals surface area (Å²) in [6.45, 7) is 0. The molecular weight excluding hydrogens is 294 g/mol. The first-order valence-electron chi connectivity index (χ1n) is 5.62. The van der Waals surface area contributed by atoms with Crippen molar-refractivity contribution in [3.8, 4) is 23.6 Å². The van der Waals surface area contributed by atoms with E-state index in [4.69, 9.17) is 26.9 Å². The Morgan fingerprint density at radius 1 is 1.14 bits per heavy atom. The molecule has 0 N–H and O–H groups in total. The molecule has 102 valence electrons. The molecule has 2 aromatic carbocycles. The monoisotopic (exact) mass is 299 g/mol. The van der Waals surface area contributed by atoms with Gasteiger partial charge in [0, 0.05) is 11.1 Å². The summed E-state index contributed by atoms with van der Waals surface area (Å²) < 4.78 is 5.42. The van der Waals surface area contributed by atoms with Crippen molar-refractivity contribution in [2.75, 3.05) is 0 Å².